The van der Waals surface area contributed by atoms with Crippen molar-refractivity contribution in [2.75, 3.05) is 0 Å². The second kappa shape index (κ2) is 12.7. The first kappa shape index (κ1) is 30.9. The van der Waals surface area contributed by atoms with Gasteiger partial charge < -0.3 is 18.0 Å². The Morgan fingerprint density at radius 1 is 0.630 bits per heavy atom. The Balaban J connectivity index is 0.000000158. The summed E-state index contributed by atoms with van der Waals surface area (Å²) in [4.78, 5) is 17.6. The van der Waals surface area contributed by atoms with E-state index in [2.05, 4.69) is 105 Å². The Bertz CT molecular complexity index is 2270. The minimum absolute atomic E-state index is 0. The van der Waals surface area contributed by atoms with E-state index in [-0.39, 0.29) is 20.1 Å². The molecule has 8 rings (SSSR count). The first-order valence-corrected chi connectivity index (χ1v) is 14.6. The molecular weight excluding hydrogens is 753 g/mol. The van der Waals surface area contributed by atoms with Crippen LogP contribution in [-0.4, -0.2) is 29.1 Å². The van der Waals surface area contributed by atoms with Crippen LogP contribution >= 0.6 is 0 Å². The Morgan fingerprint density at radius 3 is 1.67 bits per heavy atom. The molecule has 8 nitrogen and oxygen atoms in total. The second-order valence-electron chi connectivity index (χ2n) is 11.0. The van der Waals surface area contributed by atoms with Gasteiger partial charge in [0, 0.05) is 74.2 Å². The van der Waals surface area contributed by atoms with E-state index in [0.29, 0.717) is 5.89 Å². The molecule has 4 aromatic carbocycles. The molecule has 1 radical (unpaired) electrons. The molecular formula is C37H30IrN6O2-2. The first-order valence-electron chi connectivity index (χ1n) is 14.6. The second-order valence-corrected chi connectivity index (χ2v) is 11.0. The van der Waals surface area contributed by atoms with Gasteiger partial charge in [0.2, 0.25) is 0 Å². The molecule has 4 aromatic heterocycles. The third-order valence-corrected chi connectivity index (χ3v) is 7.82. The Morgan fingerprint density at radius 2 is 1.13 bits per heavy atom. The summed E-state index contributed by atoms with van der Waals surface area (Å²) in [5.41, 5.74) is 12.1. The fourth-order valence-electron chi connectivity index (χ4n) is 5.79. The zero-order chi connectivity index (χ0) is 31.1. The molecule has 0 saturated carbocycles. The molecule has 46 heavy (non-hydrogen) atoms. The zero-order valence-electron chi connectivity index (χ0n) is 26.0. The molecule has 0 bridgehead atoms. The third kappa shape index (κ3) is 5.71. The monoisotopic (exact) mass is 783 g/mol. The van der Waals surface area contributed by atoms with Crippen molar-refractivity contribution in [3.05, 3.63) is 132 Å². The van der Waals surface area contributed by atoms with Crippen LogP contribution in [0.25, 0.3) is 56.3 Å². The van der Waals surface area contributed by atoms with Gasteiger partial charge in [-0.1, -0.05) is 36.4 Å². The van der Waals surface area contributed by atoms with Crippen LogP contribution in [0.5, 0.6) is 0 Å². The molecule has 8 aromatic rings. The summed E-state index contributed by atoms with van der Waals surface area (Å²) in [5.74, 6) is 2.36. The number of hydrogen-bond donors (Lipinski definition) is 0. The van der Waals surface area contributed by atoms with Crippen LogP contribution in [0.2, 0.25) is 0 Å². The van der Waals surface area contributed by atoms with Gasteiger partial charge in [-0.15, -0.1) is 47.5 Å². The minimum Gasteiger partial charge on any atom is -0.490 e. The first-order chi connectivity index (χ1) is 21.9. The van der Waals surface area contributed by atoms with Gasteiger partial charge in [-0.2, -0.15) is 0 Å². The molecule has 0 amide bonds. The summed E-state index contributed by atoms with van der Waals surface area (Å²) < 4.78 is 15.0. The van der Waals surface area contributed by atoms with Crippen LogP contribution in [0.4, 0.5) is 0 Å². The van der Waals surface area contributed by atoms with E-state index in [1.54, 1.807) is 6.07 Å². The molecule has 0 aliphatic rings. The molecule has 0 atom stereocenters. The number of rotatable bonds is 4. The molecule has 231 valence electrons. The maximum atomic E-state index is 5.52. The largest absolute Gasteiger partial charge is 0.490 e. The molecule has 9 heteroatoms. The molecule has 0 aliphatic heterocycles. The predicted molar refractivity (Wildman–Crippen MR) is 174 cm³/mol. The predicted octanol–water partition coefficient (Wildman–Crippen LogP) is 8.50. The van der Waals surface area contributed by atoms with Gasteiger partial charge in [-0.05, 0) is 49.9 Å². The summed E-state index contributed by atoms with van der Waals surface area (Å²) in [7, 11) is 0. The van der Waals surface area contributed by atoms with Crippen molar-refractivity contribution in [2.24, 2.45) is 0 Å². The third-order valence-electron chi connectivity index (χ3n) is 7.82. The van der Waals surface area contributed by atoms with Crippen LogP contribution in [0.15, 0.2) is 101 Å². The number of aryl methyl sites for hydroxylation is 5. The SMILES string of the molecule is Cc1cccc(C)c1-n1ccnc1-c1[c-]cc2ocnc2c1.Cc1nc2cc(-c3nccn3-c3c(C)cccc3C)[c-]cc2o1.[Ir]. The Kier molecular flexibility index (Phi) is 8.54. The number of para-hydroxylation sites is 2. The van der Waals surface area contributed by atoms with Crippen molar-refractivity contribution >= 4 is 22.2 Å². The average molecular weight is 783 g/mol. The number of hydrogen-bond acceptors (Lipinski definition) is 6. The number of oxazole rings is 2. The van der Waals surface area contributed by atoms with E-state index in [1.807, 2.05) is 49.9 Å². The summed E-state index contributed by atoms with van der Waals surface area (Å²) in [6, 6.07) is 26.6. The summed E-state index contributed by atoms with van der Waals surface area (Å²) >= 11 is 0. The van der Waals surface area contributed by atoms with Gasteiger partial charge in [0.1, 0.15) is 0 Å². The van der Waals surface area contributed by atoms with Crippen molar-refractivity contribution in [3.63, 3.8) is 0 Å². The van der Waals surface area contributed by atoms with Crippen LogP contribution < -0.4 is 0 Å². The molecule has 0 aliphatic carbocycles. The fourth-order valence-corrected chi connectivity index (χ4v) is 5.79. The van der Waals surface area contributed by atoms with Crippen LogP contribution in [-0.2, 0) is 20.1 Å². The van der Waals surface area contributed by atoms with E-state index in [1.165, 1.54) is 28.6 Å². The van der Waals surface area contributed by atoms with E-state index in [0.717, 1.165) is 56.3 Å². The molecule has 4 heterocycles. The quantitative estimate of drug-likeness (QED) is 0.167. The standard InChI is InChI=1S/C19H16N3O.C18H14N3O.Ir/c1-12-5-4-6-13(2)18(12)22-10-9-20-19(22)15-7-8-17-16(11-15)21-14(3)23-17;1-12-4-3-5-13(2)17(12)21-9-8-19-18(21)14-6-7-16-15(10-14)20-11-22-16;/h4-6,8-11H,1-3H3;3-5,7-11H,1-2H3;/q2*-1;. The van der Waals surface area contributed by atoms with Gasteiger partial charge in [0.05, 0.1) is 22.8 Å². The van der Waals surface area contributed by atoms with Crippen molar-refractivity contribution in [3.8, 4) is 34.2 Å². The molecule has 0 unspecified atom stereocenters. The van der Waals surface area contributed by atoms with Crippen molar-refractivity contribution in [1.82, 2.24) is 29.1 Å². The van der Waals surface area contributed by atoms with Gasteiger partial charge in [0.25, 0.3) is 0 Å². The van der Waals surface area contributed by atoms with E-state index in [4.69, 9.17) is 8.83 Å². The van der Waals surface area contributed by atoms with Gasteiger partial charge >= 0.3 is 0 Å². The number of nitrogens with zero attached hydrogens (tertiary/aromatic N) is 6. The number of imidazole rings is 2. The number of benzene rings is 4. The van der Waals surface area contributed by atoms with E-state index >= 15 is 0 Å². The Labute approximate surface area is 280 Å². The topological polar surface area (TPSA) is 87.7 Å². The number of aromatic nitrogens is 6. The fraction of sp³-hybridized carbons (Fsp3) is 0.135. The smallest absolute Gasteiger partial charge is 0.180 e. The summed E-state index contributed by atoms with van der Waals surface area (Å²) in [6.45, 7) is 10.3. The van der Waals surface area contributed by atoms with Crippen molar-refractivity contribution < 1.29 is 28.9 Å². The van der Waals surface area contributed by atoms with Gasteiger partial charge in [-0.3, -0.25) is 9.97 Å². The Hall–Kier alpha value is -5.11. The zero-order valence-corrected chi connectivity index (χ0v) is 28.4. The molecule has 0 saturated heterocycles. The van der Waals surface area contributed by atoms with E-state index < -0.39 is 0 Å². The van der Waals surface area contributed by atoms with Crippen LogP contribution in [0, 0.1) is 46.8 Å². The maximum Gasteiger partial charge on any atom is 0.180 e. The normalized spacial score (nSPS) is 11.0. The van der Waals surface area contributed by atoms with Gasteiger partial charge in [-0.25, -0.2) is 9.97 Å². The van der Waals surface area contributed by atoms with Crippen LogP contribution in [0.1, 0.15) is 28.1 Å². The summed E-state index contributed by atoms with van der Waals surface area (Å²) in [6.07, 6.45) is 9.03. The number of fused-ring (bicyclic) bond motifs is 2. The summed E-state index contributed by atoms with van der Waals surface area (Å²) in [5, 5.41) is 0. The molecule has 0 N–H and O–H groups in total. The molecule has 0 fully saturated rings. The maximum absolute atomic E-state index is 5.52. The average Bonchev–Trinajstić information content (AvgIpc) is 3.83. The van der Waals surface area contributed by atoms with Crippen molar-refractivity contribution in [2.45, 2.75) is 34.6 Å². The van der Waals surface area contributed by atoms with E-state index in [9.17, 15) is 0 Å². The van der Waals surface area contributed by atoms with Crippen molar-refractivity contribution in [1.29, 1.82) is 0 Å². The van der Waals surface area contributed by atoms with Crippen LogP contribution in [0.3, 0.4) is 0 Å². The molecule has 0 spiro atoms. The van der Waals surface area contributed by atoms with Gasteiger partial charge in [0.15, 0.2) is 12.3 Å². The minimum atomic E-state index is 0.